The molecule has 0 saturated carbocycles. The number of ether oxygens (including phenoxy) is 2. The average molecular weight is 402 g/mol. The molecule has 6 nitrogen and oxygen atoms in total. The van der Waals surface area contributed by atoms with E-state index in [1.165, 1.54) is 0 Å². The van der Waals surface area contributed by atoms with Crippen molar-refractivity contribution >= 4 is 23.3 Å². The lowest BCUT2D eigenvalue weighted by Crippen LogP contribution is -2.51. The second kappa shape index (κ2) is 8.27. The van der Waals surface area contributed by atoms with E-state index in [1.807, 2.05) is 41.3 Å². The fraction of sp³-hybridized carbons (Fsp3) is 0.429. The van der Waals surface area contributed by atoms with Crippen LogP contribution in [0.4, 0.5) is 5.82 Å². The number of fused-ring (bicyclic) bond motifs is 1. The summed E-state index contributed by atoms with van der Waals surface area (Å²) in [5.41, 5.74) is 0. The van der Waals surface area contributed by atoms with Gasteiger partial charge in [-0.1, -0.05) is 11.6 Å². The Bertz CT molecular complexity index is 813. The van der Waals surface area contributed by atoms with Gasteiger partial charge in [0.25, 0.3) is 5.91 Å². The standard InChI is InChI=1S/C21H24ClN3O3/c1-27-17-3-5-18(6-4-17)28-14-21(26)25-11-9-15-8-10-24(13-19(15)25)20-7-2-16(22)12-23-20/h2-7,12,15,19H,8-11,13-14H2,1H3. The van der Waals surface area contributed by atoms with Gasteiger partial charge in [0.05, 0.1) is 18.2 Å². The highest BCUT2D eigenvalue weighted by Crippen LogP contribution is 2.33. The maximum Gasteiger partial charge on any atom is 0.260 e. The van der Waals surface area contributed by atoms with Crippen LogP contribution in [0.2, 0.25) is 5.02 Å². The molecule has 0 radical (unpaired) electrons. The Balaban J connectivity index is 1.37. The number of benzene rings is 1. The third-order valence-corrected chi connectivity index (χ3v) is 5.86. The van der Waals surface area contributed by atoms with Crippen LogP contribution in [0.15, 0.2) is 42.6 Å². The van der Waals surface area contributed by atoms with Crippen LogP contribution in [0.3, 0.4) is 0 Å². The van der Waals surface area contributed by atoms with Crippen LogP contribution in [-0.4, -0.2) is 55.2 Å². The number of halogens is 1. The summed E-state index contributed by atoms with van der Waals surface area (Å²) in [5, 5.41) is 0.631. The van der Waals surface area contributed by atoms with Crippen molar-refractivity contribution < 1.29 is 14.3 Å². The second-order valence-electron chi connectivity index (χ2n) is 7.24. The number of pyridine rings is 1. The number of aromatic nitrogens is 1. The zero-order valence-corrected chi connectivity index (χ0v) is 16.6. The Morgan fingerprint density at radius 3 is 2.61 bits per heavy atom. The molecule has 2 atom stereocenters. The molecule has 0 aliphatic carbocycles. The van der Waals surface area contributed by atoms with E-state index >= 15 is 0 Å². The third kappa shape index (κ3) is 4.02. The first-order valence-electron chi connectivity index (χ1n) is 9.57. The number of nitrogens with zero attached hydrogens (tertiary/aromatic N) is 3. The molecule has 2 aromatic rings. The highest BCUT2D eigenvalue weighted by molar-refractivity contribution is 6.30. The highest BCUT2D eigenvalue weighted by Gasteiger charge is 2.40. The first kappa shape index (κ1) is 18.9. The van der Waals surface area contributed by atoms with Gasteiger partial charge in [-0.25, -0.2) is 4.98 Å². The van der Waals surface area contributed by atoms with Crippen molar-refractivity contribution in [3.63, 3.8) is 0 Å². The summed E-state index contributed by atoms with van der Waals surface area (Å²) >= 11 is 5.95. The largest absolute Gasteiger partial charge is 0.497 e. The lowest BCUT2D eigenvalue weighted by atomic mass is 9.92. The van der Waals surface area contributed by atoms with E-state index in [1.54, 1.807) is 13.3 Å². The number of hydrogen-bond donors (Lipinski definition) is 0. The van der Waals surface area contributed by atoms with Gasteiger partial charge in [-0.05, 0) is 55.2 Å². The van der Waals surface area contributed by atoms with Crippen molar-refractivity contribution in [3.8, 4) is 11.5 Å². The van der Waals surface area contributed by atoms with E-state index in [-0.39, 0.29) is 18.6 Å². The van der Waals surface area contributed by atoms with Crippen LogP contribution in [0, 0.1) is 5.92 Å². The Labute approximate surface area is 170 Å². The maximum absolute atomic E-state index is 12.8. The van der Waals surface area contributed by atoms with Crippen LogP contribution < -0.4 is 14.4 Å². The van der Waals surface area contributed by atoms with Gasteiger partial charge in [0.1, 0.15) is 17.3 Å². The van der Waals surface area contributed by atoms with Crippen LogP contribution in [-0.2, 0) is 4.79 Å². The monoisotopic (exact) mass is 401 g/mol. The van der Waals surface area contributed by atoms with Crippen molar-refractivity contribution in [2.75, 3.05) is 38.3 Å². The smallest absolute Gasteiger partial charge is 0.260 e. The van der Waals surface area contributed by atoms with Crippen LogP contribution in [0.5, 0.6) is 11.5 Å². The van der Waals surface area contributed by atoms with E-state index in [4.69, 9.17) is 21.1 Å². The van der Waals surface area contributed by atoms with Crippen LogP contribution in [0.25, 0.3) is 0 Å². The van der Waals surface area contributed by atoms with Crippen molar-refractivity contribution in [1.82, 2.24) is 9.88 Å². The van der Waals surface area contributed by atoms with Gasteiger partial charge in [-0.15, -0.1) is 0 Å². The first-order valence-corrected chi connectivity index (χ1v) is 9.94. The minimum absolute atomic E-state index is 0.0363. The molecule has 28 heavy (non-hydrogen) atoms. The highest BCUT2D eigenvalue weighted by atomic mass is 35.5. The second-order valence-corrected chi connectivity index (χ2v) is 7.67. The van der Waals surface area contributed by atoms with Crippen LogP contribution in [0.1, 0.15) is 12.8 Å². The summed E-state index contributed by atoms with van der Waals surface area (Å²) in [6, 6.07) is 11.3. The molecule has 0 N–H and O–H groups in total. The SMILES string of the molecule is COc1ccc(OCC(=O)N2CCC3CCN(c4ccc(Cl)cn4)CC32)cc1. The molecule has 1 aromatic heterocycles. The molecule has 2 unspecified atom stereocenters. The Morgan fingerprint density at radius 2 is 1.89 bits per heavy atom. The number of piperidine rings is 1. The number of hydrogen-bond acceptors (Lipinski definition) is 5. The quantitative estimate of drug-likeness (QED) is 0.769. The fourth-order valence-electron chi connectivity index (χ4n) is 4.11. The molecule has 0 spiro atoms. The number of carbonyl (C=O) groups is 1. The number of carbonyl (C=O) groups excluding carboxylic acids is 1. The average Bonchev–Trinajstić information content (AvgIpc) is 3.16. The zero-order chi connectivity index (χ0) is 19.5. The summed E-state index contributed by atoms with van der Waals surface area (Å²) in [5.74, 6) is 2.93. The van der Waals surface area contributed by atoms with E-state index in [0.29, 0.717) is 16.7 Å². The normalized spacial score (nSPS) is 21.4. The van der Waals surface area contributed by atoms with Gasteiger partial charge in [0, 0.05) is 25.8 Å². The van der Waals surface area contributed by atoms with Crippen molar-refractivity contribution in [1.29, 1.82) is 0 Å². The summed E-state index contributed by atoms with van der Waals surface area (Å²) < 4.78 is 10.8. The Morgan fingerprint density at radius 1 is 1.14 bits per heavy atom. The Hall–Kier alpha value is -2.47. The molecule has 1 amide bonds. The predicted octanol–water partition coefficient (Wildman–Crippen LogP) is 3.25. The number of amides is 1. The van der Waals surface area contributed by atoms with Gasteiger partial charge in [0.2, 0.25) is 0 Å². The molecule has 4 rings (SSSR count). The van der Waals surface area contributed by atoms with Gasteiger partial charge in [-0.2, -0.15) is 0 Å². The third-order valence-electron chi connectivity index (χ3n) is 5.64. The maximum atomic E-state index is 12.8. The summed E-state index contributed by atoms with van der Waals surface area (Å²) in [7, 11) is 1.62. The summed E-state index contributed by atoms with van der Waals surface area (Å²) in [6.07, 6.45) is 3.79. The molecule has 7 heteroatoms. The van der Waals surface area contributed by atoms with E-state index in [9.17, 15) is 4.79 Å². The van der Waals surface area contributed by atoms with Gasteiger partial charge in [-0.3, -0.25) is 4.79 Å². The Kier molecular flexibility index (Phi) is 5.57. The molecule has 0 bridgehead atoms. The van der Waals surface area contributed by atoms with E-state index in [2.05, 4.69) is 9.88 Å². The number of rotatable bonds is 5. The number of anilines is 1. The van der Waals surface area contributed by atoms with E-state index in [0.717, 1.165) is 44.0 Å². The predicted molar refractivity (Wildman–Crippen MR) is 108 cm³/mol. The minimum atomic E-state index is 0.0363. The molecular formula is C21H24ClN3O3. The lowest BCUT2D eigenvalue weighted by Gasteiger charge is -2.39. The molecule has 2 saturated heterocycles. The molecule has 1 aromatic carbocycles. The summed E-state index contributed by atoms with van der Waals surface area (Å²) in [4.78, 5) is 21.5. The lowest BCUT2D eigenvalue weighted by molar-refractivity contribution is -0.134. The molecule has 2 fully saturated rings. The molecule has 148 valence electrons. The van der Waals surface area contributed by atoms with Crippen molar-refractivity contribution in [3.05, 3.63) is 47.6 Å². The number of likely N-dealkylation sites (tertiary alicyclic amines) is 1. The first-order chi connectivity index (χ1) is 13.6. The topological polar surface area (TPSA) is 54.9 Å². The van der Waals surface area contributed by atoms with E-state index < -0.39 is 0 Å². The summed E-state index contributed by atoms with van der Waals surface area (Å²) in [6.45, 7) is 2.60. The number of methoxy groups -OCH3 is 1. The molecule has 3 heterocycles. The van der Waals surface area contributed by atoms with Gasteiger partial charge < -0.3 is 19.3 Å². The molecular weight excluding hydrogens is 378 g/mol. The zero-order valence-electron chi connectivity index (χ0n) is 15.9. The van der Waals surface area contributed by atoms with Gasteiger partial charge >= 0.3 is 0 Å². The van der Waals surface area contributed by atoms with Gasteiger partial charge in [0.15, 0.2) is 6.61 Å². The van der Waals surface area contributed by atoms with Crippen molar-refractivity contribution in [2.45, 2.75) is 18.9 Å². The van der Waals surface area contributed by atoms with Crippen LogP contribution >= 0.6 is 11.6 Å². The molecule has 2 aliphatic heterocycles. The minimum Gasteiger partial charge on any atom is -0.497 e. The molecule has 2 aliphatic rings. The fourth-order valence-corrected chi connectivity index (χ4v) is 4.23. The van der Waals surface area contributed by atoms with Crippen molar-refractivity contribution in [2.24, 2.45) is 5.92 Å².